The normalized spacial score (nSPS) is 24.5. The average Bonchev–Trinajstić information content (AvgIpc) is 2.50. The van der Waals surface area contributed by atoms with E-state index in [9.17, 15) is 9.59 Å². The van der Waals surface area contributed by atoms with Crippen molar-refractivity contribution < 1.29 is 14.3 Å². The molecule has 0 amide bonds. The van der Waals surface area contributed by atoms with Gasteiger partial charge in [0, 0.05) is 0 Å². The predicted octanol–water partition coefficient (Wildman–Crippen LogP) is 2.95. The van der Waals surface area contributed by atoms with E-state index in [4.69, 9.17) is 16.3 Å². The van der Waals surface area contributed by atoms with E-state index in [1.165, 1.54) is 0 Å². The molecule has 0 aliphatic heterocycles. The summed E-state index contributed by atoms with van der Waals surface area (Å²) in [4.78, 5) is 24.3. The van der Waals surface area contributed by atoms with Crippen LogP contribution in [0.5, 0.6) is 0 Å². The Balaban J connectivity index is 2.33. The third kappa shape index (κ3) is 3.81. The third-order valence-electron chi connectivity index (χ3n) is 3.74. The Morgan fingerprint density at radius 3 is 2.73 bits per heavy atom. The zero-order valence-electron chi connectivity index (χ0n) is 12.7. The van der Waals surface area contributed by atoms with Crippen LogP contribution in [-0.2, 0) is 14.3 Å². The number of aldehydes is 1. The Morgan fingerprint density at radius 2 is 2.14 bits per heavy atom. The molecule has 118 valence electrons. The maximum absolute atomic E-state index is 12.3. The minimum absolute atomic E-state index is 0.160. The van der Waals surface area contributed by atoms with Crippen LogP contribution in [0, 0.1) is 5.92 Å². The van der Waals surface area contributed by atoms with E-state index >= 15 is 0 Å². The van der Waals surface area contributed by atoms with Gasteiger partial charge in [-0.05, 0) is 0 Å². The van der Waals surface area contributed by atoms with Crippen LogP contribution in [0.25, 0.3) is 0 Å². The molecule has 3 nitrogen and oxygen atoms in total. The van der Waals surface area contributed by atoms with Crippen molar-refractivity contribution in [2.24, 2.45) is 5.92 Å². The molecular weight excluding hydrogens is 367 g/mol. The van der Waals surface area contributed by atoms with Crippen molar-refractivity contribution in [3.05, 3.63) is 40.9 Å². The fraction of sp³-hybridized carbons (Fsp3) is 0.412. The molecule has 1 aromatic carbocycles. The first-order valence-electron chi connectivity index (χ1n) is 7.24. The first-order chi connectivity index (χ1) is 10.5. The number of ether oxygens (including phenoxy) is 1. The SMILES string of the molecule is CCOC(=O)[C@H]1CC=C(C)C[C@@]1(C=O)[Se]c1ccc(Cl)cc1. The van der Waals surface area contributed by atoms with Crippen molar-refractivity contribution in [3.63, 3.8) is 0 Å². The first kappa shape index (κ1) is 17.3. The molecule has 0 fully saturated rings. The van der Waals surface area contributed by atoms with Gasteiger partial charge in [0.05, 0.1) is 0 Å². The van der Waals surface area contributed by atoms with E-state index in [0.29, 0.717) is 24.5 Å². The molecule has 2 atom stereocenters. The number of allylic oxidation sites excluding steroid dienone is 2. The van der Waals surface area contributed by atoms with E-state index in [1.807, 2.05) is 37.3 Å². The molecule has 0 bridgehead atoms. The Bertz CT molecular complexity index is 582. The van der Waals surface area contributed by atoms with Crippen LogP contribution in [0.4, 0.5) is 0 Å². The fourth-order valence-corrected chi connectivity index (χ4v) is 5.72. The van der Waals surface area contributed by atoms with Gasteiger partial charge in [-0.25, -0.2) is 0 Å². The molecular formula is C17H19ClO3Se. The maximum atomic E-state index is 12.3. The Kier molecular flexibility index (Phi) is 5.85. The molecule has 1 aromatic rings. The second-order valence-corrected chi connectivity index (χ2v) is 8.84. The van der Waals surface area contributed by atoms with Gasteiger partial charge in [0.15, 0.2) is 0 Å². The Hall–Kier alpha value is -1.09. The average molecular weight is 386 g/mol. The molecule has 0 aromatic heterocycles. The number of hydrogen-bond donors (Lipinski definition) is 0. The van der Waals surface area contributed by atoms with E-state index in [1.54, 1.807) is 6.92 Å². The van der Waals surface area contributed by atoms with E-state index in [2.05, 4.69) is 0 Å². The van der Waals surface area contributed by atoms with Crippen molar-refractivity contribution in [1.29, 1.82) is 0 Å². The molecule has 0 spiro atoms. The van der Waals surface area contributed by atoms with Crippen molar-refractivity contribution in [2.75, 3.05) is 6.61 Å². The van der Waals surface area contributed by atoms with Crippen LogP contribution in [-0.4, -0.2) is 33.8 Å². The minimum atomic E-state index is -0.675. The van der Waals surface area contributed by atoms with E-state index < -0.39 is 10.2 Å². The van der Waals surface area contributed by atoms with Gasteiger partial charge in [0.2, 0.25) is 0 Å². The van der Waals surface area contributed by atoms with Crippen LogP contribution in [0.1, 0.15) is 26.7 Å². The summed E-state index contributed by atoms with van der Waals surface area (Å²) in [6.45, 7) is 4.13. The molecule has 0 unspecified atom stereocenters. The number of carbonyl (C=O) groups excluding carboxylic acids is 2. The van der Waals surface area contributed by atoms with Crippen LogP contribution >= 0.6 is 11.6 Å². The summed E-state index contributed by atoms with van der Waals surface area (Å²) in [7, 11) is 0. The molecule has 2 rings (SSSR count). The summed E-state index contributed by atoms with van der Waals surface area (Å²) in [5, 5.41) is 0.668. The summed E-state index contributed by atoms with van der Waals surface area (Å²) in [6, 6.07) is 7.51. The van der Waals surface area contributed by atoms with Gasteiger partial charge in [0.1, 0.15) is 0 Å². The van der Waals surface area contributed by atoms with Crippen LogP contribution in [0.3, 0.4) is 0 Å². The van der Waals surface area contributed by atoms with Crippen molar-refractivity contribution in [3.8, 4) is 0 Å². The predicted molar refractivity (Wildman–Crippen MR) is 88.7 cm³/mol. The van der Waals surface area contributed by atoms with Gasteiger partial charge in [-0.15, -0.1) is 0 Å². The van der Waals surface area contributed by atoms with Crippen LogP contribution in [0.15, 0.2) is 35.9 Å². The summed E-state index contributed by atoms with van der Waals surface area (Å²) < 4.78 is 5.58. The molecule has 0 heterocycles. The molecule has 1 aliphatic rings. The quantitative estimate of drug-likeness (QED) is 0.339. The molecule has 0 radical (unpaired) electrons. The number of halogens is 1. The van der Waals surface area contributed by atoms with Crippen molar-refractivity contribution in [1.82, 2.24) is 0 Å². The van der Waals surface area contributed by atoms with E-state index in [-0.39, 0.29) is 20.9 Å². The first-order valence-corrected chi connectivity index (χ1v) is 9.33. The molecule has 0 N–H and O–H groups in total. The van der Waals surface area contributed by atoms with E-state index in [0.717, 1.165) is 16.3 Å². The zero-order chi connectivity index (χ0) is 16.2. The summed E-state index contributed by atoms with van der Waals surface area (Å²) in [5.41, 5.74) is 1.16. The number of hydrogen-bond acceptors (Lipinski definition) is 3. The number of benzene rings is 1. The van der Waals surface area contributed by atoms with Gasteiger partial charge in [-0.2, -0.15) is 0 Å². The molecule has 5 heteroatoms. The Labute approximate surface area is 142 Å². The molecule has 22 heavy (non-hydrogen) atoms. The van der Waals surface area contributed by atoms with Crippen molar-refractivity contribution >= 4 is 43.3 Å². The van der Waals surface area contributed by atoms with Gasteiger partial charge >= 0.3 is 142 Å². The van der Waals surface area contributed by atoms with Crippen molar-refractivity contribution in [2.45, 2.75) is 31.0 Å². The van der Waals surface area contributed by atoms with Gasteiger partial charge < -0.3 is 0 Å². The Morgan fingerprint density at radius 1 is 1.45 bits per heavy atom. The molecule has 0 saturated carbocycles. The zero-order valence-corrected chi connectivity index (χ0v) is 15.1. The molecule has 1 aliphatic carbocycles. The number of esters is 1. The number of carbonyl (C=O) groups is 2. The third-order valence-corrected chi connectivity index (χ3v) is 6.96. The molecule has 0 saturated heterocycles. The van der Waals surface area contributed by atoms with Crippen LogP contribution < -0.4 is 4.46 Å². The standard InChI is InChI=1S/C17H19ClO3Se/c1-3-21-16(20)15-9-4-12(2)10-17(15,11-19)22-14-7-5-13(18)6-8-14/h4-8,11,15H,3,9-10H2,1-2H3/t15-,17+/m1/s1. The van der Waals surface area contributed by atoms with Gasteiger partial charge in [-0.1, -0.05) is 0 Å². The second kappa shape index (κ2) is 7.45. The number of rotatable bonds is 5. The second-order valence-electron chi connectivity index (χ2n) is 5.40. The fourth-order valence-electron chi connectivity index (χ4n) is 2.67. The topological polar surface area (TPSA) is 43.4 Å². The summed E-state index contributed by atoms with van der Waals surface area (Å²) in [5.74, 6) is -0.668. The summed E-state index contributed by atoms with van der Waals surface area (Å²) >= 11 is 5.76. The van der Waals surface area contributed by atoms with Gasteiger partial charge in [0.25, 0.3) is 0 Å². The van der Waals surface area contributed by atoms with Crippen LogP contribution in [0.2, 0.25) is 9.34 Å². The summed E-state index contributed by atoms with van der Waals surface area (Å²) in [6.07, 6.45) is 4.20. The monoisotopic (exact) mass is 386 g/mol. The van der Waals surface area contributed by atoms with Gasteiger partial charge in [-0.3, -0.25) is 0 Å².